The summed E-state index contributed by atoms with van der Waals surface area (Å²) in [6.45, 7) is -0.254. The number of nitrogens with zero attached hydrogens (tertiary/aromatic N) is 1. The predicted molar refractivity (Wildman–Crippen MR) is 31.2 cm³/mol. The SMILES string of the molecule is O=C1C[C@H](C=C(F)F)CN1F. The van der Waals surface area contributed by atoms with Gasteiger partial charge in [-0.2, -0.15) is 13.9 Å². The summed E-state index contributed by atoms with van der Waals surface area (Å²) in [4.78, 5) is 10.4. The van der Waals surface area contributed by atoms with Gasteiger partial charge < -0.3 is 0 Å². The first kappa shape index (κ1) is 8.10. The van der Waals surface area contributed by atoms with Crippen LogP contribution in [0.3, 0.4) is 0 Å². The maximum absolute atomic E-state index is 12.2. The van der Waals surface area contributed by atoms with E-state index in [1.807, 2.05) is 0 Å². The Labute approximate surface area is 61.2 Å². The number of amides is 1. The minimum atomic E-state index is -1.86. The average molecular weight is 165 g/mol. The molecule has 0 aromatic carbocycles. The van der Waals surface area contributed by atoms with Gasteiger partial charge in [0.2, 0.25) is 0 Å². The molecule has 0 saturated carbocycles. The van der Waals surface area contributed by atoms with Crippen LogP contribution in [0.25, 0.3) is 0 Å². The molecule has 1 fully saturated rings. The van der Waals surface area contributed by atoms with Gasteiger partial charge in [-0.05, 0) is 6.08 Å². The van der Waals surface area contributed by atoms with Crippen molar-refractivity contribution < 1.29 is 18.1 Å². The van der Waals surface area contributed by atoms with Gasteiger partial charge in [-0.1, -0.05) is 4.48 Å². The minimum Gasteiger partial charge on any atom is -0.272 e. The number of hydrogen-bond acceptors (Lipinski definition) is 1. The molecule has 0 bridgehead atoms. The molecule has 0 spiro atoms. The van der Waals surface area contributed by atoms with Gasteiger partial charge in [0, 0.05) is 12.3 Å². The van der Waals surface area contributed by atoms with Crippen LogP contribution in [0.5, 0.6) is 0 Å². The second-order valence-electron chi connectivity index (χ2n) is 2.36. The molecule has 1 rings (SSSR count). The van der Waals surface area contributed by atoms with Crippen LogP contribution in [0, 0.1) is 5.92 Å². The van der Waals surface area contributed by atoms with E-state index in [9.17, 15) is 18.1 Å². The summed E-state index contributed by atoms with van der Waals surface area (Å²) in [6, 6.07) is 0. The Kier molecular flexibility index (Phi) is 2.16. The highest BCUT2D eigenvalue weighted by atomic mass is 19.3. The van der Waals surface area contributed by atoms with Crippen molar-refractivity contribution in [3.05, 3.63) is 12.2 Å². The van der Waals surface area contributed by atoms with Crippen LogP contribution in [0.2, 0.25) is 0 Å². The zero-order valence-corrected chi connectivity index (χ0v) is 5.56. The van der Waals surface area contributed by atoms with Crippen LogP contribution in [-0.4, -0.2) is 17.6 Å². The van der Waals surface area contributed by atoms with Gasteiger partial charge in [0.05, 0.1) is 6.54 Å². The molecule has 5 heteroatoms. The fraction of sp³-hybridized carbons (Fsp3) is 0.500. The fourth-order valence-corrected chi connectivity index (χ4v) is 0.985. The average Bonchev–Trinajstić information content (AvgIpc) is 2.10. The molecular weight excluding hydrogens is 159 g/mol. The van der Waals surface area contributed by atoms with Crippen LogP contribution in [0.1, 0.15) is 6.42 Å². The lowest BCUT2D eigenvalue weighted by molar-refractivity contribution is -0.140. The summed E-state index contributed by atoms with van der Waals surface area (Å²) in [5, 5.41) is -0.0376. The van der Waals surface area contributed by atoms with Gasteiger partial charge in [0.1, 0.15) is 0 Å². The van der Waals surface area contributed by atoms with Crippen LogP contribution in [0.15, 0.2) is 12.2 Å². The summed E-state index contributed by atoms with van der Waals surface area (Å²) in [5.41, 5.74) is 0. The second kappa shape index (κ2) is 2.94. The second-order valence-corrected chi connectivity index (χ2v) is 2.36. The van der Waals surface area contributed by atoms with E-state index in [1.54, 1.807) is 0 Å². The van der Waals surface area contributed by atoms with Gasteiger partial charge >= 0.3 is 0 Å². The van der Waals surface area contributed by atoms with Crippen LogP contribution in [-0.2, 0) is 4.79 Å². The minimum absolute atomic E-state index is 0.0376. The molecule has 0 radical (unpaired) electrons. The maximum atomic E-state index is 12.2. The van der Waals surface area contributed by atoms with Crippen molar-refractivity contribution in [2.45, 2.75) is 6.42 Å². The lowest BCUT2D eigenvalue weighted by Gasteiger charge is -1.99. The largest absolute Gasteiger partial charge is 0.272 e. The van der Waals surface area contributed by atoms with Gasteiger partial charge in [-0.15, -0.1) is 0 Å². The van der Waals surface area contributed by atoms with Gasteiger partial charge in [-0.3, -0.25) is 4.79 Å². The number of hydrogen-bond donors (Lipinski definition) is 0. The summed E-state index contributed by atoms with van der Waals surface area (Å²) >= 11 is 0. The molecule has 0 unspecified atom stereocenters. The van der Waals surface area contributed by atoms with Crippen molar-refractivity contribution in [2.75, 3.05) is 6.54 Å². The summed E-state index contributed by atoms with van der Waals surface area (Å²) in [5.74, 6) is -1.40. The molecule has 0 aromatic heterocycles. The van der Waals surface area contributed by atoms with Crippen molar-refractivity contribution in [2.24, 2.45) is 5.92 Å². The van der Waals surface area contributed by atoms with Crippen molar-refractivity contribution in [3.8, 4) is 0 Å². The molecule has 1 amide bonds. The molecule has 62 valence electrons. The lowest BCUT2D eigenvalue weighted by atomic mass is 10.1. The first-order valence-corrected chi connectivity index (χ1v) is 3.08. The summed E-state index contributed by atoms with van der Waals surface area (Å²) < 4.78 is 35.3. The first-order chi connectivity index (χ1) is 5.09. The van der Waals surface area contributed by atoms with E-state index in [0.717, 1.165) is 0 Å². The molecule has 0 N–H and O–H groups in total. The normalized spacial score (nSPS) is 24.1. The van der Waals surface area contributed by atoms with E-state index in [2.05, 4.69) is 0 Å². The Morgan fingerprint density at radius 2 is 2.27 bits per heavy atom. The predicted octanol–water partition coefficient (Wildman–Crippen LogP) is 1.50. The number of carbonyl (C=O) groups is 1. The van der Waals surface area contributed by atoms with Crippen molar-refractivity contribution in [3.63, 3.8) is 0 Å². The van der Waals surface area contributed by atoms with E-state index < -0.39 is 17.9 Å². The molecule has 1 saturated heterocycles. The van der Waals surface area contributed by atoms with Gasteiger partial charge in [0.25, 0.3) is 12.0 Å². The lowest BCUT2D eigenvalue weighted by Crippen LogP contribution is -2.13. The number of halogens is 3. The van der Waals surface area contributed by atoms with Crippen LogP contribution < -0.4 is 0 Å². The van der Waals surface area contributed by atoms with E-state index in [-0.39, 0.29) is 18.1 Å². The zero-order valence-electron chi connectivity index (χ0n) is 5.56. The summed E-state index contributed by atoms with van der Waals surface area (Å²) in [7, 11) is 0. The topological polar surface area (TPSA) is 20.3 Å². The van der Waals surface area contributed by atoms with Crippen LogP contribution >= 0.6 is 0 Å². The molecule has 0 aromatic rings. The highest BCUT2D eigenvalue weighted by Gasteiger charge is 2.28. The number of rotatable bonds is 1. The Morgan fingerprint density at radius 3 is 2.64 bits per heavy atom. The molecule has 1 aliphatic rings. The highest BCUT2D eigenvalue weighted by Crippen LogP contribution is 2.20. The van der Waals surface area contributed by atoms with Gasteiger partial charge in [0.15, 0.2) is 0 Å². The Hall–Kier alpha value is -1.00. The molecule has 1 atom stereocenters. The quantitative estimate of drug-likeness (QED) is 0.539. The first-order valence-electron chi connectivity index (χ1n) is 3.08. The molecule has 0 aliphatic carbocycles. The van der Waals surface area contributed by atoms with Crippen molar-refractivity contribution >= 4 is 5.91 Å². The smallest absolute Gasteiger partial charge is 0.266 e. The van der Waals surface area contributed by atoms with Crippen LogP contribution in [0.4, 0.5) is 13.3 Å². The van der Waals surface area contributed by atoms with E-state index in [0.29, 0.717) is 6.08 Å². The standard InChI is InChI=1S/C6H6F3NO/c7-5(8)1-4-2-6(11)10(9)3-4/h1,4H,2-3H2/t4-/m0/s1. The Balaban J connectivity index is 2.54. The monoisotopic (exact) mass is 165 g/mol. The third-order valence-electron chi connectivity index (χ3n) is 1.46. The Morgan fingerprint density at radius 1 is 1.64 bits per heavy atom. The zero-order chi connectivity index (χ0) is 8.43. The third kappa shape index (κ3) is 1.96. The molecular formula is C6H6F3NO. The Bertz CT molecular complexity index is 200. The van der Waals surface area contributed by atoms with Crippen molar-refractivity contribution in [1.29, 1.82) is 0 Å². The third-order valence-corrected chi connectivity index (χ3v) is 1.46. The van der Waals surface area contributed by atoms with E-state index in [4.69, 9.17) is 0 Å². The van der Waals surface area contributed by atoms with Crippen molar-refractivity contribution in [1.82, 2.24) is 5.12 Å². The number of carbonyl (C=O) groups excluding carboxylic acids is 1. The highest BCUT2D eigenvalue weighted by molar-refractivity contribution is 5.77. The van der Waals surface area contributed by atoms with E-state index >= 15 is 0 Å². The fourth-order valence-electron chi connectivity index (χ4n) is 0.985. The molecule has 1 heterocycles. The summed E-state index contributed by atoms with van der Waals surface area (Å²) in [6.07, 6.45) is -1.41. The molecule has 2 nitrogen and oxygen atoms in total. The maximum Gasteiger partial charge on any atom is 0.266 e. The van der Waals surface area contributed by atoms with Gasteiger partial charge in [-0.25, -0.2) is 0 Å². The van der Waals surface area contributed by atoms with E-state index in [1.165, 1.54) is 0 Å². The molecule has 11 heavy (non-hydrogen) atoms. The molecule has 1 aliphatic heterocycles.